The van der Waals surface area contributed by atoms with E-state index in [2.05, 4.69) is 6.07 Å². The van der Waals surface area contributed by atoms with Gasteiger partial charge in [-0.15, -0.1) is 0 Å². The predicted octanol–water partition coefficient (Wildman–Crippen LogP) is 3.40. The fraction of sp³-hybridized carbons (Fsp3) is 0.667. The van der Waals surface area contributed by atoms with Crippen LogP contribution < -0.4 is 0 Å². The zero-order chi connectivity index (χ0) is 16.2. The van der Waals surface area contributed by atoms with Gasteiger partial charge in [-0.1, -0.05) is 6.07 Å². The maximum absolute atomic E-state index is 12.1. The molecule has 1 amide bonds. The van der Waals surface area contributed by atoms with Gasteiger partial charge >= 0.3 is 6.09 Å². The van der Waals surface area contributed by atoms with E-state index in [9.17, 15) is 4.79 Å². The van der Waals surface area contributed by atoms with Gasteiger partial charge in [-0.2, -0.15) is 0 Å². The summed E-state index contributed by atoms with van der Waals surface area (Å²) in [5, 5.41) is 0. The van der Waals surface area contributed by atoms with Crippen LogP contribution in [0.25, 0.3) is 0 Å². The Morgan fingerprint density at radius 3 is 2.96 bits per heavy atom. The first kappa shape index (κ1) is 16.2. The van der Waals surface area contributed by atoms with Crippen molar-refractivity contribution in [1.29, 1.82) is 0 Å². The van der Waals surface area contributed by atoms with E-state index >= 15 is 0 Å². The second-order valence-electron chi connectivity index (χ2n) is 6.47. The van der Waals surface area contributed by atoms with Gasteiger partial charge in [0.15, 0.2) is 0 Å². The molecule has 126 valence electrons. The highest BCUT2D eigenvalue weighted by Crippen LogP contribution is 2.27. The van der Waals surface area contributed by atoms with Crippen LogP contribution in [0.4, 0.5) is 4.79 Å². The lowest BCUT2D eigenvalue weighted by atomic mass is 9.93. The van der Waals surface area contributed by atoms with Crippen molar-refractivity contribution in [2.45, 2.75) is 58.1 Å². The zero-order valence-electron chi connectivity index (χ0n) is 14.1. The average molecular weight is 318 g/mol. The van der Waals surface area contributed by atoms with Crippen LogP contribution >= 0.6 is 0 Å². The molecule has 3 rings (SSSR count). The second-order valence-corrected chi connectivity index (χ2v) is 6.47. The summed E-state index contributed by atoms with van der Waals surface area (Å²) in [4.78, 5) is 18.8. The van der Waals surface area contributed by atoms with Gasteiger partial charge in [0.05, 0.1) is 24.9 Å². The number of hydrogen-bond donors (Lipinski definition) is 0. The van der Waals surface area contributed by atoms with Crippen molar-refractivity contribution >= 4 is 6.09 Å². The molecule has 1 aromatic heterocycles. The van der Waals surface area contributed by atoms with Gasteiger partial charge in [-0.25, -0.2) is 4.79 Å². The van der Waals surface area contributed by atoms with Gasteiger partial charge in [-0.05, 0) is 56.6 Å². The number of carbonyl (C=O) groups excluding carboxylic acids is 1. The topological polar surface area (TPSA) is 51.7 Å². The van der Waals surface area contributed by atoms with Gasteiger partial charge in [-0.3, -0.25) is 4.98 Å². The van der Waals surface area contributed by atoms with Crippen molar-refractivity contribution in [3.8, 4) is 0 Å². The first-order chi connectivity index (χ1) is 11.2. The molecule has 0 aromatic carbocycles. The van der Waals surface area contributed by atoms with E-state index in [-0.39, 0.29) is 12.2 Å². The number of rotatable bonds is 4. The van der Waals surface area contributed by atoms with Crippen molar-refractivity contribution < 1.29 is 14.3 Å². The van der Waals surface area contributed by atoms with Gasteiger partial charge in [0.25, 0.3) is 0 Å². The summed E-state index contributed by atoms with van der Waals surface area (Å²) in [5.74, 6) is 0. The van der Waals surface area contributed by atoms with Crippen LogP contribution in [0.2, 0.25) is 0 Å². The molecule has 2 aliphatic rings. The molecule has 0 radical (unpaired) electrons. The average Bonchev–Trinajstić information content (AvgIpc) is 2.78. The van der Waals surface area contributed by atoms with E-state index in [0.717, 1.165) is 43.5 Å². The van der Waals surface area contributed by atoms with Crippen LogP contribution in [0.5, 0.6) is 0 Å². The molecular formula is C18H26N2O3. The van der Waals surface area contributed by atoms with E-state index in [1.165, 1.54) is 24.1 Å². The number of aryl methyl sites for hydroxylation is 2. The van der Waals surface area contributed by atoms with Gasteiger partial charge in [0.1, 0.15) is 0 Å². The SMILES string of the molecule is COC(C)c1nc2c(cc1CN1CCCCOC1=O)CCCC2. The van der Waals surface area contributed by atoms with E-state index in [0.29, 0.717) is 13.2 Å². The molecule has 1 aromatic rings. The lowest BCUT2D eigenvalue weighted by molar-refractivity contribution is 0.107. The molecule has 1 saturated heterocycles. The van der Waals surface area contributed by atoms with E-state index in [1.54, 1.807) is 12.0 Å². The molecule has 5 heteroatoms. The van der Waals surface area contributed by atoms with Crippen molar-refractivity contribution in [2.24, 2.45) is 0 Å². The number of carbonyl (C=O) groups is 1. The number of ether oxygens (including phenoxy) is 2. The lowest BCUT2D eigenvalue weighted by Crippen LogP contribution is -2.31. The van der Waals surface area contributed by atoms with Crippen LogP contribution in [0.1, 0.15) is 61.2 Å². The monoisotopic (exact) mass is 318 g/mol. The molecule has 1 atom stereocenters. The Bertz CT molecular complexity index is 574. The second kappa shape index (κ2) is 7.30. The molecule has 1 unspecified atom stereocenters. The number of aromatic nitrogens is 1. The van der Waals surface area contributed by atoms with Crippen molar-refractivity contribution in [3.63, 3.8) is 0 Å². The zero-order valence-corrected chi connectivity index (χ0v) is 14.1. The normalized spacial score (nSPS) is 19.7. The Morgan fingerprint density at radius 1 is 1.30 bits per heavy atom. The number of methoxy groups -OCH3 is 1. The third kappa shape index (κ3) is 3.66. The number of cyclic esters (lactones) is 1. The molecule has 5 nitrogen and oxygen atoms in total. The Hall–Kier alpha value is -1.62. The number of nitrogens with zero attached hydrogens (tertiary/aromatic N) is 2. The number of pyridine rings is 1. The number of amides is 1. The van der Waals surface area contributed by atoms with Crippen LogP contribution in [0.15, 0.2) is 6.07 Å². The van der Waals surface area contributed by atoms with Crippen molar-refractivity contribution in [3.05, 3.63) is 28.6 Å². The summed E-state index contributed by atoms with van der Waals surface area (Å²) in [6.07, 6.45) is 6.20. The van der Waals surface area contributed by atoms with E-state index < -0.39 is 0 Å². The molecule has 0 N–H and O–H groups in total. The summed E-state index contributed by atoms with van der Waals surface area (Å²) in [5.41, 5.74) is 4.60. The minimum Gasteiger partial charge on any atom is -0.449 e. The first-order valence-electron chi connectivity index (χ1n) is 8.65. The molecule has 1 aliphatic heterocycles. The lowest BCUT2D eigenvalue weighted by Gasteiger charge is -2.25. The highest BCUT2D eigenvalue weighted by molar-refractivity contribution is 5.68. The first-order valence-corrected chi connectivity index (χ1v) is 8.65. The molecule has 0 spiro atoms. The van der Waals surface area contributed by atoms with Gasteiger partial charge in [0.2, 0.25) is 0 Å². The molecule has 1 fully saturated rings. The Morgan fingerprint density at radius 2 is 2.13 bits per heavy atom. The molecule has 0 saturated carbocycles. The smallest absolute Gasteiger partial charge is 0.410 e. The fourth-order valence-corrected chi connectivity index (χ4v) is 3.38. The maximum Gasteiger partial charge on any atom is 0.410 e. The number of hydrogen-bond acceptors (Lipinski definition) is 4. The maximum atomic E-state index is 12.1. The van der Waals surface area contributed by atoms with Crippen molar-refractivity contribution in [1.82, 2.24) is 9.88 Å². The van der Waals surface area contributed by atoms with Crippen LogP contribution in [-0.4, -0.2) is 36.2 Å². The molecule has 1 aliphatic carbocycles. The Balaban J connectivity index is 1.90. The van der Waals surface area contributed by atoms with Crippen molar-refractivity contribution in [2.75, 3.05) is 20.3 Å². The van der Waals surface area contributed by atoms with E-state index in [4.69, 9.17) is 14.5 Å². The van der Waals surface area contributed by atoms with Crippen LogP contribution in [-0.2, 0) is 28.9 Å². The van der Waals surface area contributed by atoms with Gasteiger partial charge in [0, 0.05) is 19.3 Å². The standard InChI is InChI=1S/C18H26N2O3/c1-13(22-2)17-15(11-14-7-3-4-8-16(14)19-17)12-20-9-5-6-10-23-18(20)21/h11,13H,3-10,12H2,1-2H3. The summed E-state index contributed by atoms with van der Waals surface area (Å²) >= 11 is 0. The summed E-state index contributed by atoms with van der Waals surface area (Å²) < 4.78 is 10.8. The minimum atomic E-state index is -0.212. The summed E-state index contributed by atoms with van der Waals surface area (Å²) in [7, 11) is 1.70. The minimum absolute atomic E-state index is 0.0692. The highest BCUT2D eigenvalue weighted by Gasteiger charge is 2.23. The fourth-order valence-electron chi connectivity index (χ4n) is 3.38. The Kier molecular flexibility index (Phi) is 5.16. The third-order valence-electron chi connectivity index (χ3n) is 4.82. The summed E-state index contributed by atoms with van der Waals surface area (Å²) in [6.45, 7) is 3.85. The highest BCUT2D eigenvalue weighted by atomic mass is 16.6. The molecule has 0 bridgehead atoms. The van der Waals surface area contributed by atoms with E-state index in [1.807, 2.05) is 6.92 Å². The van der Waals surface area contributed by atoms with Gasteiger partial charge < -0.3 is 14.4 Å². The largest absolute Gasteiger partial charge is 0.449 e. The number of fused-ring (bicyclic) bond motifs is 1. The molecule has 23 heavy (non-hydrogen) atoms. The summed E-state index contributed by atoms with van der Waals surface area (Å²) in [6, 6.07) is 2.24. The Labute approximate surface area is 138 Å². The van der Waals surface area contributed by atoms with Crippen LogP contribution in [0, 0.1) is 0 Å². The molecular weight excluding hydrogens is 292 g/mol. The van der Waals surface area contributed by atoms with Crippen LogP contribution in [0.3, 0.4) is 0 Å². The quantitative estimate of drug-likeness (QED) is 0.854. The predicted molar refractivity (Wildman–Crippen MR) is 87.3 cm³/mol. The third-order valence-corrected chi connectivity index (χ3v) is 4.82. The molecule has 2 heterocycles.